The van der Waals surface area contributed by atoms with E-state index in [9.17, 15) is 4.79 Å². The van der Waals surface area contributed by atoms with Crippen molar-refractivity contribution in [2.75, 3.05) is 11.4 Å². The summed E-state index contributed by atoms with van der Waals surface area (Å²) in [5.74, 6) is 0.236. The van der Waals surface area contributed by atoms with Gasteiger partial charge in [-0.25, -0.2) is 0 Å². The summed E-state index contributed by atoms with van der Waals surface area (Å²) in [4.78, 5) is 14.3. The second kappa shape index (κ2) is 5.04. The van der Waals surface area contributed by atoms with E-state index in [1.165, 1.54) is 36.1 Å². The van der Waals surface area contributed by atoms with Gasteiger partial charge in [0, 0.05) is 12.2 Å². The number of nitrogens with zero attached hydrogens (tertiary/aromatic N) is 1. The minimum absolute atomic E-state index is 0.00527. The van der Waals surface area contributed by atoms with Gasteiger partial charge in [-0.2, -0.15) is 0 Å². The highest BCUT2D eigenvalue weighted by Gasteiger charge is 2.29. The number of halogens is 1. The maximum Gasteiger partial charge on any atom is 0.240 e. The van der Waals surface area contributed by atoms with Crippen molar-refractivity contribution in [1.29, 1.82) is 0 Å². The van der Waals surface area contributed by atoms with E-state index < -0.39 is 0 Å². The number of rotatable bonds is 1. The van der Waals surface area contributed by atoms with Gasteiger partial charge in [0.15, 0.2) is 0 Å². The van der Waals surface area contributed by atoms with Gasteiger partial charge in [-0.05, 0) is 55.7 Å². The van der Waals surface area contributed by atoms with Crippen LogP contribution < -0.4 is 4.90 Å². The molecule has 1 unspecified atom stereocenters. The number of alkyl halides is 1. The highest BCUT2D eigenvalue weighted by Crippen LogP contribution is 2.33. The Balaban J connectivity index is 1.98. The van der Waals surface area contributed by atoms with Crippen LogP contribution in [0.1, 0.15) is 36.8 Å². The third-order valence-electron chi connectivity index (χ3n) is 4.04. The Morgan fingerprint density at radius 2 is 2.00 bits per heavy atom. The van der Waals surface area contributed by atoms with Crippen molar-refractivity contribution in [3.63, 3.8) is 0 Å². The molecule has 3 rings (SSSR count). The molecule has 2 nitrogen and oxygen atoms in total. The summed E-state index contributed by atoms with van der Waals surface area (Å²) in [5, 5.41) is 0. The zero-order valence-corrected chi connectivity index (χ0v) is 12.1. The number of benzene rings is 1. The molecule has 1 fully saturated rings. The summed E-state index contributed by atoms with van der Waals surface area (Å²) in [7, 11) is 0. The lowest BCUT2D eigenvalue weighted by Gasteiger charge is -2.33. The number of fused-ring (bicyclic) bond motifs is 1. The molecule has 1 amide bonds. The third kappa shape index (κ3) is 2.09. The van der Waals surface area contributed by atoms with Gasteiger partial charge >= 0.3 is 0 Å². The van der Waals surface area contributed by atoms with Gasteiger partial charge in [-0.15, -0.1) is 0 Å². The molecule has 96 valence electrons. The zero-order valence-electron chi connectivity index (χ0n) is 10.5. The Bertz CT molecular complexity index is 472. The Kier molecular flexibility index (Phi) is 3.42. The molecule has 1 saturated heterocycles. The smallest absolute Gasteiger partial charge is 0.240 e. The summed E-state index contributed by atoms with van der Waals surface area (Å²) in [6, 6.07) is 6.44. The predicted octanol–water partition coefficient (Wildman–Crippen LogP) is 3.46. The molecule has 0 spiro atoms. The van der Waals surface area contributed by atoms with Crippen LogP contribution in [-0.4, -0.2) is 17.3 Å². The number of hydrogen-bond acceptors (Lipinski definition) is 1. The Labute approximate surface area is 116 Å². The molecule has 1 aliphatic carbocycles. The summed E-state index contributed by atoms with van der Waals surface area (Å²) >= 11 is 3.50. The minimum atomic E-state index is 0.00527. The maximum atomic E-state index is 12.3. The van der Waals surface area contributed by atoms with Crippen molar-refractivity contribution < 1.29 is 4.79 Å². The van der Waals surface area contributed by atoms with Gasteiger partial charge in [0.2, 0.25) is 5.91 Å². The summed E-state index contributed by atoms with van der Waals surface area (Å²) < 4.78 is 0. The normalized spacial score (nSPS) is 23.9. The lowest BCUT2D eigenvalue weighted by Crippen LogP contribution is -2.42. The molecule has 1 heterocycles. The maximum absolute atomic E-state index is 12.3. The van der Waals surface area contributed by atoms with E-state index >= 15 is 0 Å². The topological polar surface area (TPSA) is 20.3 Å². The van der Waals surface area contributed by atoms with Crippen molar-refractivity contribution >= 4 is 27.5 Å². The first-order chi connectivity index (χ1) is 8.77. The van der Waals surface area contributed by atoms with Crippen molar-refractivity contribution in [3.05, 3.63) is 29.3 Å². The molecule has 0 saturated carbocycles. The molecule has 0 aromatic heterocycles. The number of piperidine rings is 1. The molecule has 0 N–H and O–H groups in total. The third-order valence-corrected chi connectivity index (χ3v) is 4.88. The highest BCUT2D eigenvalue weighted by atomic mass is 79.9. The summed E-state index contributed by atoms with van der Waals surface area (Å²) in [5.41, 5.74) is 4.03. The van der Waals surface area contributed by atoms with Crippen molar-refractivity contribution in [2.45, 2.75) is 43.4 Å². The second-order valence-electron chi connectivity index (χ2n) is 5.22. The van der Waals surface area contributed by atoms with E-state index in [0.717, 1.165) is 25.8 Å². The van der Waals surface area contributed by atoms with E-state index in [-0.39, 0.29) is 10.7 Å². The molecule has 18 heavy (non-hydrogen) atoms. The van der Waals surface area contributed by atoms with Crippen molar-refractivity contribution in [3.8, 4) is 0 Å². The molecule has 1 aromatic carbocycles. The van der Waals surface area contributed by atoms with E-state index in [2.05, 4.69) is 34.1 Å². The van der Waals surface area contributed by atoms with Crippen molar-refractivity contribution in [2.24, 2.45) is 0 Å². The fraction of sp³-hybridized carbons (Fsp3) is 0.533. The summed E-state index contributed by atoms with van der Waals surface area (Å²) in [6.07, 6.45) is 6.89. The minimum Gasteiger partial charge on any atom is -0.311 e. The summed E-state index contributed by atoms with van der Waals surface area (Å²) in [6.45, 7) is 0.872. The van der Waals surface area contributed by atoms with Gasteiger partial charge in [0.25, 0.3) is 0 Å². The number of carbonyl (C=O) groups is 1. The van der Waals surface area contributed by atoms with Crippen LogP contribution in [0.15, 0.2) is 18.2 Å². The van der Waals surface area contributed by atoms with Crippen LogP contribution in [0.4, 0.5) is 5.69 Å². The van der Waals surface area contributed by atoms with E-state index in [0.29, 0.717) is 0 Å². The largest absolute Gasteiger partial charge is 0.311 e. The molecule has 1 atom stereocenters. The fourth-order valence-electron chi connectivity index (χ4n) is 3.08. The Morgan fingerprint density at radius 3 is 2.89 bits per heavy atom. The van der Waals surface area contributed by atoms with Crippen LogP contribution in [-0.2, 0) is 17.6 Å². The SMILES string of the molecule is O=C1C(Br)CCCN1c1cccc2c1CCCC2. The Hall–Kier alpha value is -0.830. The van der Waals surface area contributed by atoms with Crippen LogP contribution in [0.2, 0.25) is 0 Å². The van der Waals surface area contributed by atoms with Crippen LogP contribution in [0.5, 0.6) is 0 Å². The molecule has 1 aliphatic heterocycles. The lowest BCUT2D eigenvalue weighted by molar-refractivity contribution is -0.118. The van der Waals surface area contributed by atoms with Crippen LogP contribution in [0.3, 0.4) is 0 Å². The van der Waals surface area contributed by atoms with Crippen LogP contribution in [0.25, 0.3) is 0 Å². The van der Waals surface area contributed by atoms with Gasteiger partial charge in [-0.1, -0.05) is 28.1 Å². The number of amides is 1. The lowest BCUT2D eigenvalue weighted by atomic mass is 9.89. The van der Waals surface area contributed by atoms with E-state index in [4.69, 9.17) is 0 Å². The zero-order chi connectivity index (χ0) is 12.5. The highest BCUT2D eigenvalue weighted by molar-refractivity contribution is 9.10. The number of carbonyl (C=O) groups excluding carboxylic acids is 1. The number of anilines is 1. The average molecular weight is 308 g/mol. The van der Waals surface area contributed by atoms with Crippen LogP contribution >= 0.6 is 15.9 Å². The van der Waals surface area contributed by atoms with Gasteiger partial charge in [0.1, 0.15) is 0 Å². The molecule has 0 bridgehead atoms. The second-order valence-corrected chi connectivity index (χ2v) is 6.33. The standard InChI is InChI=1S/C15H18BrNO/c16-13-8-4-10-17(15(13)18)14-9-3-6-11-5-1-2-7-12(11)14/h3,6,9,13H,1-2,4-5,7-8,10H2. The number of hydrogen-bond donors (Lipinski definition) is 0. The van der Waals surface area contributed by atoms with Gasteiger partial charge < -0.3 is 4.90 Å². The average Bonchev–Trinajstić information content (AvgIpc) is 2.41. The Morgan fingerprint density at radius 1 is 1.17 bits per heavy atom. The molecular formula is C15H18BrNO. The quantitative estimate of drug-likeness (QED) is 0.728. The first-order valence-electron chi connectivity index (χ1n) is 6.83. The fourth-order valence-corrected chi connectivity index (χ4v) is 3.66. The predicted molar refractivity (Wildman–Crippen MR) is 77.4 cm³/mol. The monoisotopic (exact) mass is 307 g/mol. The molecule has 1 aromatic rings. The molecule has 0 radical (unpaired) electrons. The van der Waals surface area contributed by atoms with Gasteiger partial charge in [-0.3, -0.25) is 4.79 Å². The van der Waals surface area contributed by atoms with Crippen molar-refractivity contribution in [1.82, 2.24) is 0 Å². The first kappa shape index (κ1) is 12.2. The van der Waals surface area contributed by atoms with Gasteiger partial charge in [0.05, 0.1) is 4.83 Å². The molecule has 2 aliphatic rings. The van der Waals surface area contributed by atoms with E-state index in [1.807, 2.05) is 4.90 Å². The first-order valence-corrected chi connectivity index (χ1v) is 7.75. The van der Waals surface area contributed by atoms with E-state index in [1.54, 1.807) is 0 Å². The molecular weight excluding hydrogens is 290 g/mol. The number of aryl methyl sites for hydroxylation is 1. The van der Waals surface area contributed by atoms with Crippen LogP contribution in [0, 0.1) is 0 Å². The molecule has 3 heteroatoms.